The second-order valence-corrected chi connectivity index (χ2v) is 8.97. The fourth-order valence-electron chi connectivity index (χ4n) is 5.83. The van der Waals surface area contributed by atoms with Crippen molar-refractivity contribution < 1.29 is 0 Å². The van der Waals surface area contributed by atoms with Crippen molar-refractivity contribution in [2.45, 2.75) is 6.92 Å². The van der Waals surface area contributed by atoms with E-state index >= 15 is 0 Å². The molecule has 1 aliphatic carbocycles. The van der Waals surface area contributed by atoms with Crippen LogP contribution in [0.3, 0.4) is 0 Å². The van der Waals surface area contributed by atoms with Crippen LogP contribution in [0.4, 0.5) is 0 Å². The van der Waals surface area contributed by atoms with E-state index in [0.717, 1.165) is 39.1 Å². The summed E-state index contributed by atoms with van der Waals surface area (Å²) in [6, 6.07) is 28.2. The third kappa shape index (κ3) is 1.95. The first kappa shape index (κ1) is 17.1. The van der Waals surface area contributed by atoms with Gasteiger partial charge in [-0.25, -0.2) is 9.97 Å². The van der Waals surface area contributed by atoms with Crippen molar-refractivity contribution in [3.63, 3.8) is 0 Å². The van der Waals surface area contributed by atoms with Crippen LogP contribution < -0.4 is 0 Å². The van der Waals surface area contributed by atoms with E-state index in [2.05, 4.69) is 66.7 Å². The molecule has 0 bridgehead atoms. The Morgan fingerprint density at radius 2 is 1.21 bits per heavy atom. The van der Waals surface area contributed by atoms with E-state index in [1.54, 1.807) is 0 Å². The van der Waals surface area contributed by atoms with Crippen LogP contribution in [0, 0.1) is 18.3 Å². The predicted molar refractivity (Wildman–Crippen MR) is 135 cm³/mol. The molecule has 0 N–H and O–H groups in total. The number of nitriles is 1. The lowest BCUT2D eigenvalue weighted by Gasteiger charge is -2.15. The zero-order valence-electron chi connectivity index (χ0n) is 17.8. The Kier molecular flexibility index (Phi) is 2.91. The summed E-state index contributed by atoms with van der Waals surface area (Å²) in [5.74, 6) is 0. The molecule has 1 heterocycles. The van der Waals surface area contributed by atoms with Crippen molar-refractivity contribution in [3.8, 4) is 28.6 Å². The molecule has 1 aromatic heterocycles. The highest BCUT2D eigenvalue weighted by Gasteiger charge is 2.27. The normalized spacial score (nSPS) is 12.4. The van der Waals surface area contributed by atoms with Crippen LogP contribution in [-0.2, 0) is 0 Å². The average Bonchev–Trinajstić information content (AvgIpc) is 3.16. The number of aryl methyl sites for hydroxylation is 1. The first-order chi connectivity index (χ1) is 16.2. The van der Waals surface area contributed by atoms with Gasteiger partial charge in [0.05, 0.1) is 34.1 Å². The standard InChI is InChI=1S/C30H15N3/c1-15-12-24-25(13-17(15)14-31)33-30-23-11-9-21-19-7-3-5-16-4-2-6-18(26(16)19)20-8-10-22(29(30)32-24)28(23)27(20)21/h2-13H,1H3. The first-order valence-electron chi connectivity index (χ1n) is 11.1. The fraction of sp³-hybridized carbons (Fsp3) is 0.0333. The molecule has 6 aromatic carbocycles. The molecular weight excluding hydrogens is 402 g/mol. The van der Waals surface area contributed by atoms with Crippen molar-refractivity contribution in [1.82, 2.24) is 9.97 Å². The Bertz CT molecular complexity index is 1990. The Morgan fingerprint density at radius 3 is 1.82 bits per heavy atom. The van der Waals surface area contributed by atoms with Crippen molar-refractivity contribution in [1.29, 1.82) is 5.26 Å². The SMILES string of the molecule is Cc1cc2nc3c(nc2cc1C#N)-c1ccc2c4cccc5cccc(c6ccc-3c1c62)c54. The highest BCUT2D eigenvalue weighted by atomic mass is 14.8. The fourth-order valence-corrected chi connectivity index (χ4v) is 5.83. The number of benzene rings is 6. The lowest BCUT2D eigenvalue weighted by molar-refractivity contribution is 1.29. The van der Waals surface area contributed by atoms with Crippen LogP contribution in [0.15, 0.2) is 72.8 Å². The van der Waals surface area contributed by atoms with Gasteiger partial charge in [0.25, 0.3) is 0 Å². The van der Waals surface area contributed by atoms with Gasteiger partial charge in [-0.1, -0.05) is 60.7 Å². The second-order valence-electron chi connectivity index (χ2n) is 8.97. The molecule has 0 aliphatic heterocycles. The van der Waals surface area contributed by atoms with E-state index in [9.17, 15) is 5.26 Å². The van der Waals surface area contributed by atoms with Crippen molar-refractivity contribution in [3.05, 3.63) is 83.9 Å². The topological polar surface area (TPSA) is 49.6 Å². The first-order valence-corrected chi connectivity index (χ1v) is 11.1. The maximum Gasteiger partial charge on any atom is 0.0995 e. The van der Waals surface area contributed by atoms with Gasteiger partial charge >= 0.3 is 0 Å². The van der Waals surface area contributed by atoms with Gasteiger partial charge in [0.15, 0.2) is 0 Å². The summed E-state index contributed by atoms with van der Waals surface area (Å²) in [5, 5.41) is 19.7. The molecular formula is C30H15N3. The van der Waals surface area contributed by atoms with Gasteiger partial charge in [-0.2, -0.15) is 5.26 Å². The lowest BCUT2D eigenvalue weighted by Crippen LogP contribution is -1.93. The van der Waals surface area contributed by atoms with E-state index in [-0.39, 0.29) is 0 Å². The molecule has 1 aliphatic rings. The molecule has 0 atom stereocenters. The lowest BCUT2D eigenvalue weighted by atomic mass is 9.88. The predicted octanol–water partition coefficient (Wildman–Crippen LogP) is 7.51. The van der Waals surface area contributed by atoms with Gasteiger partial charge in [0, 0.05) is 16.5 Å². The second kappa shape index (κ2) is 5.62. The number of nitrogens with zero attached hydrogens (tertiary/aromatic N) is 3. The quantitative estimate of drug-likeness (QED) is 0.189. The Labute approximate surface area is 188 Å². The number of fused-ring (bicyclic) bond motifs is 6. The average molecular weight is 417 g/mol. The van der Waals surface area contributed by atoms with E-state index in [1.165, 1.54) is 43.1 Å². The third-order valence-corrected chi connectivity index (χ3v) is 7.29. The van der Waals surface area contributed by atoms with Crippen molar-refractivity contribution in [2.24, 2.45) is 0 Å². The minimum Gasteiger partial charge on any atom is -0.244 e. The molecule has 0 saturated heterocycles. The summed E-state index contributed by atoms with van der Waals surface area (Å²) in [6.45, 7) is 1.95. The van der Waals surface area contributed by atoms with Crippen LogP contribution in [0.2, 0.25) is 0 Å². The molecule has 8 rings (SSSR count). The maximum absolute atomic E-state index is 9.48. The van der Waals surface area contributed by atoms with Crippen LogP contribution in [-0.4, -0.2) is 9.97 Å². The Hall–Kier alpha value is -4.55. The van der Waals surface area contributed by atoms with Gasteiger partial charge in [-0.15, -0.1) is 0 Å². The van der Waals surface area contributed by atoms with Crippen molar-refractivity contribution >= 4 is 54.1 Å². The summed E-state index contributed by atoms with van der Waals surface area (Å²) in [7, 11) is 0. The Balaban J connectivity index is 1.58. The van der Waals surface area contributed by atoms with Gasteiger partial charge in [0.2, 0.25) is 0 Å². The zero-order valence-corrected chi connectivity index (χ0v) is 17.8. The maximum atomic E-state index is 9.48. The highest BCUT2D eigenvalue weighted by molar-refractivity contribution is 6.36. The summed E-state index contributed by atoms with van der Waals surface area (Å²) >= 11 is 0. The van der Waals surface area contributed by atoms with Crippen molar-refractivity contribution in [2.75, 3.05) is 0 Å². The van der Waals surface area contributed by atoms with Gasteiger partial charge in [-0.05, 0) is 62.3 Å². The summed E-state index contributed by atoms with van der Waals surface area (Å²) in [6.07, 6.45) is 0. The zero-order chi connectivity index (χ0) is 21.8. The molecule has 0 amide bonds. The molecule has 0 spiro atoms. The summed E-state index contributed by atoms with van der Waals surface area (Å²) in [4.78, 5) is 10.1. The molecule has 3 nitrogen and oxygen atoms in total. The smallest absolute Gasteiger partial charge is 0.0995 e. The van der Waals surface area contributed by atoms with E-state index in [1.807, 2.05) is 19.1 Å². The molecule has 150 valence electrons. The largest absolute Gasteiger partial charge is 0.244 e. The minimum absolute atomic E-state index is 0.647. The molecule has 0 unspecified atom stereocenters. The third-order valence-electron chi connectivity index (χ3n) is 7.29. The van der Waals surface area contributed by atoms with E-state index in [4.69, 9.17) is 9.97 Å². The molecule has 0 radical (unpaired) electrons. The van der Waals surface area contributed by atoms with Crippen LogP contribution in [0.25, 0.3) is 76.6 Å². The molecule has 3 heteroatoms. The summed E-state index contributed by atoms with van der Waals surface area (Å²) in [5.41, 5.74) is 7.28. The van der Waals surface area contributed by atoms with Gasteiger partial charge < -0.3 is 0 Å². The van der Waals surface area contributed by atoms with E-state index in [0.29, 0.717) is 5.56 Å². The minimum atomic E-state index is 0.647. The highest BCUT2D eigenvalue weighted by Crippen LogP contribution is 2.51. The number of aromatic nitrogens is 2. The van der Waals surface area contributed by atoms with Crippen LogP contribution in [0.5, 0.6) is 0 Å². The monoisotopic (exact) mass is 417 g/mol. The van der Waals surface area contributed by atoms with Gasteiger partial charge in [-0.3, -0.25) is 0 Å². The number of hydrogen-bond donors (Lipinski definition) is 0. The summed E-state index contributed by atoms with van der Waals surface area (Å²) < 4.78 is 0. The van der Waals surface area contributed by atoms with Gasteiger partial charge in [0.1, 0.15) is 0 Å². The molecule has 0 fully saturated rings. The van der Waals surface area contributed by atoms with Crippen LogP contribution >= 0.6 is 0 Å². The number of rotatable bonds is 0. The molecule has 0 saturated carbocycles. The van der Waals surface area contributed by atoms with E-state index < -0.39 is 0 Å². The molecule has 33 heavy (non-hydrogen) atoms. The van der Waals surface area contributed by atoms with Crippen LogP contribution in [0.1, 0.15) is 11.1 Å². The Morgan fingerprint density at radius 1 is 0.636 bits per heavy atom. The molecule has 7 aromatic rings. The number of hydrogen-bond acceptors (Lipinski definition) is 3.